The molecule has 0 unspecified atom stereocenters. The lowest BCUT2D eigenvalue weighted by atomic mass is 11.1. The van der Waals surface area contributed by atoms with Gasteiger partial charge in [-0.2, -0.15) is 0 Å². The summed E-state index contributed by atoms with van der Waals surface area (Å²) in [7, 11) is -2.03. The molecule has 0 saturated heterocycles. The number of alkyl halides is 1. The highest BCUT2D eigenvalue weighted by Crippen LogP contribution is 2.51. The van der Waals surface area contributed by atoms with Crippen molar-refractivity contribution in [3.05, 3.63) is 0 Å². The number of nitrogens with one attached hydrogen (secondary N) is 1. The van der Waals surface area contributed by atoms with Gasteiger partial charge in [0.05, 0.1) is 20.0 Å². The first-order valence-electron chi connectivity index (χ1n) is 2.92. The van der Waals surface area contributed by atoms with Crippen LogP contribution in [0.5, 0.6) is 0 Å². The monoisotopic (exact) mass is 167 g/mol. The van der Waals surface area contributed by atoms with Crippen molar-refractivity contribution in [3.63, 3.8) is 0 Å². The van der Waals surface area contributed by atoms with E-state index in [9.17, 15) is 9.18 Å². The van der Waals surface area contributed by atoms with Gasteiger partial charge in [0.1, 0.15) is 7.26 Å². The molecule has 3 N–H and O–H groups in total. The Bertz CT molecular complexity index is 129. The van der Waals surface area contributed by atoms with E-state index in [1.807, 2.05) is 0 Å². The molecule has 0 bridgehead atoms. The molecule has 10 heavy (non-hydrogen) atoms. The molecule has 1 amide bonds. The predicted octanol–water partition coefficient (Wildman–Crippen LogP) is 0.816. The first kappa shape index (κ1) is 9.79. The fraction of sp³-hybridized carbons (Fsp3) is 0.800. The maximum Gasteiger partial charge on any atom is 0.362 e. The maximum atomic E-state index is 12.1. The number of rotatable bonds is 3. The molecule has 0 rings (SSSR count). The van der Waals surface area contributed by atoms with Crippen LogP contribution in [0.2, 0.25) is 0 Å². The summed E-state index contributed by atoms with van der Waals surface area (Å²) < 4.78 is 12.1. The highest BCUT2D eigenvalue weighted by molar-refractivity contribution is 7.89. The van der Waals surface area contributed by atoms with Crippen molar-refractivity contribution in [2.24, 2.45) is 5.73 Å². The molecule has 0 aliphatic heterocycles. The number of nitrogens with two attached hydrogens (primary N) is 1. The second-order valence-corrected chi connectivity index (χ2v) is 6.51. The van der Waals surface area contributed by atoms with E-state index in [0.29, 0.717) is 0 Å². The molecule has 3 nitrogen and oxygen atoms in total. The van der Waals surface area contributed by atoms with Crippen LogP contribution in [0.15, 0.2) is 0 Å². The average molecular weight is 167 g/mol. The minimum atomic E-state index is -2.03. The summed E-state index contributed by atoms with van der Waals surface area (Å²) in [5.41, 5.74) is 4.81. The van der Waals surface area contributed by atoms with E-state index in [0.717, 1.165) is 0 Å². The average Bonchev–Trinajstić information content (AvgIpc) is 1.89. The van der Waals surface area contributed by atoms with Crippen LogP contribution in [0, 0.1) is 0 Å². The molecule has 0 saturated carbocycles. The van der Waals surface area contributed by atoms with Crippen LogP contribution in [-0.2, 0) is 0 Å². The number of hydrogen-bond donors (Lipinski definition) is 2. The van der Waals surface area contributed by atoms with Crippen LogP contribution >= 0.6 is 7.26 Å². The molecule has 0 aliphatic rings. The number of amides is 1. The van der Waals surface area contributed by atoms with Gasteiger partial charge in [0, 0.05) is 0 Å². The van der Waals surface area contributed by atoms with Crippen molar-refractivity contribution in [3.8, 4) is 0 Å². The van der Waals surface area contributed by atoms with E-state index in [2.05, 4.69) is 5.32 Å². The van der Waals surface area contributed by atoms with Crippen LogP contribution in [0.25, 0.3) is 0 Å². The fourth-order valence-electron chi connectivity index (χ4n) is 0.356. The molecule has 0 aromatic rings. The van der Waals surface area contributed by atoms with Crippen molar-refractivity contribution in [2.75, 3.05) is 26.4 Å². The van der Waals surface area contributed by atoms with Crippen molar-refractivity contribution in [1.82, 2.24) is 5.32 Å². The lowest BCUT2D eigenvalue weighted by Gasteiger charge is -2.10. The Hall–Kier alpha value is -0.210. The molecule has 0 radical (unpaired) electrons. The molecule has 0 fully saturated rings. The SMILES string of the molecule is C[P+](C)(CF)C(=O)NCN. The Labute approximate surface area is 60.5 Å². The Kier molecular flexibility index (Phi) is 3.76. The largest absolute Gasteiger partial charge is 0.362 e. The van der Waals surface area contributed by atoms with E-state index < -0.39 is 13.7 Å². The molecule has 0 aliphatic carbocycles. The summed E-state index contributed by atoms with van der Waals surface area (Å²) in [5, 5.41) is 2.38. The molecule has 0 atom stereocenters. The molecule has 0 spiro atoms. The third-order valence-corrected chi connectivity index (χ3v) is 2.96. The normalized spacial score (nSPS) is 11.2. The zero-order chi connectivity index (χ0) is 8.20. The highest BCUT2D eigenvalue weighted by Gasteiger charge is 2.35. The van der Waals surface area contributed by atoms with E-state index in [1.54, 1.807) is 13.3 Å². The van der Waals surface area contributed by atoms with E-state index in [1.165, 1.54) is 0 Å². The van der Waals surface area contributed by atoms with Gasteiger partial charge in [-0.15, -0.1) is 0 Å². The second kappa shape index (κ2) is 3.84. The zero-order valence-corrected chi connectivity index (χ0v) is 7.12. The van der Waals surface area contributed by atoms with Crippen molar-refractivity contribution in [2.45, 2.75) is 0 Å². The molecule has 0 aromatic carbocycles. The number of hydrogen-bond acceptors (Lipinski definition) is 2. The molecule has 5 heteroatoms. The summed E-state index contributed by atoms with van der Waals surface area (Å²) >= 11 is 0. The number of carbonyl (C=O) groups is 1. The van der Waals surface area contributed by atoms with Gasteiger partial charge >= 0.3 is 5.65 Å². The lowest BCUT2D eigenvalue weighted by Crippen LogP contribution is -2.29. The minimum absolute atomic E-state index is 0.0856. The Morgan fingerprint density at radius 1 is 1.70 bits per heavy atom. The van der Waals surface area contributed by atoms with Crippen LogP contribution < -0.4 is 11.1 Å². The van der Waals surface area contributed by atoms with E-state index in [4.69, 9.17) is 5.73 Å². The molecule has 60 valence electrons. The van der Waals surface area contributed by atoms with Gasteiger partial charge in [0.2, 0.25) is 6.42 Å². The second-order valence-electron chi connectivity index (χ2n) is 2.49. The smallest absolute Gasteiger partial charge is 0.314 e. The summed E-state index contributed by atoms with van der Waals surface area (Å²) in [6.07, 6.45) is -0.557. The van der Waals surface area contributed by atoms with Gasteiger partial charge in [-0.05, 0) is 0 Å². The molecular formula is C5H13FN2OP+. The number of carbonyl (C=O) groups excluding carboxylic acids is 1. The van der Waals surface area contributed by atoms with E-state index >= 15 is 0 Å². The van der Waals surface area contributed by atoms with Crippen LogP contribution in [0.3, 0.4) is 0 Å². The summed E-state index contributed by atoms with van der Waals surface area (Å²) in [4.78, 5) is 10.9. The Morgan fingerprint density at radius 3 is 2.50 bits per heavy atom. The lowest BCUT2D eigenvalue weighted by molar-refractivity contribution is 0.259. The Morgan fingerprint density at radius 2 is 2.20 bits per heavy atom. The third-order valence-electron chi connectivity index (χ3n) is 1.10. The summed E-state index contributed by atoms with van der Waals surface area (Å²) in [5.74, 6) is 0. The third kappa shape index (κ3) is 2.58. The van der Waals surface area contributed by atoms with Crippen molar-refractivity contribution in [1.29, 1.82) is 0 Å². The standard InChI is InChI=1S/C5H12FN2OP/c1-10(2,3-6)5(9)8-4-7/h3-4,7H2,1-2H3/p+1. The van der Waals surface area contributed by atoms with Crippen LogP contribution in [0.1, 0.15) is 0 Å². The number of halogens is 1. The van der Waals surface area contributed by atoms with Crippen LogP contribution in [0.4, 0.5) is 9.18 Å². The van der Waals surface area contributed by atoms with Crippen molar-refractivity contribution >= 4 is 12.9 Å². The summed E-state index contributed by atoms with van der Waals surface area (Å²) in [6, 6.07) is 0. The molecule has 0 heterocycles. The fourth-order valence-corrected chi connectivity index (χ4v) is 0.983. The van der Waals surface area contributed by atoms with Gasteiger partial charge in [0.15, 0.2) is 0 Å². The quantitative estimate of drug-likeness (QED) is 0.483. The Balaban J connectivity index is 3.91. The van der Waals surface area contributed by atoms with Gasteiger partial charge < -0.3 is 11.1 Å². The van der Waals surface area contributed by atoms with Gasteiger partial charge in [-0.25, -0.2) is 9.18 Å². The highest BCUT2D eigenvalue weighted by atomic mass is 31.2. The predicted molar refractivity (Wildman–Crippen MR) is 42.3 cm³/mol. The van der Waals surface area contributed by atoms with E-state index in [-0.39, 0.29) is 12.3 Å². The maximum absolute atomic E-state index is 12.1. The minimum Gasteiger partial charge on any atom is -0.314 e. The van der Waals surface area contributed by atoms with Gasteiger partial charge in [0.25, 0.3) is 0 Å². The zero-order valence-electron chi connectivity index (χ0n) is 6.22. The molecular weight excluding hydrogens is 154 g/mol. The first-order valence-corrected chi connectivity index (χ1v) is 5.79. The first-order chi connectivity index (χ1) is 4.54. The topological polar surface area (TPSA) is 55.1 Å². The molecule has 0 aromatic heterocycles. The van der Waals surface area contributed by atoms with Gasteiger partial charge in [-0.3, -0.25) is 0 Å². The summed E-state index contributed by atoms with van der Waals surface area (Å²) in [6.45, 7) is 3.36. The van der Waals surface area contributed by atoms with Crippen LogP contribution in [-0.4, -0.2) is 32.1 Å². The van der Waals surface area contributed by atoms with Crippen molar-refractivity contribution < 1.29 is 9.18 Å². The van der Waals surface area contributed by atoms with Gasteiger partial charge in [-0.1, -0.05) is 0 Å².